The predicted octanol–water partition coefficient (Wildman–Crippen LogP) is 4.86. The molecule has 0 fully saturated rings. The number of carbonyl (C=O) groups excluding carboxylic acids is 2. The van der Waals surface area contributed by atoms with Gasteiger partial charge in [-0.25, -0.2) is 8.42 Å². The molecule has 3 aromatic carbocycles. The molecule has 0 aromatic heterocycles. The van der Waals surface area contributed by atoms with Gasteiger partial charge in [0.15, 0.2) is 0 Å². The molecular formula is C30H37N3O5S2. The second-order valence-corrected chi connectivity index (χ2v) is 11.9. The van der Waals surface area contributed by atoms with Crippen molar-refractivity contribution in [3.05, 3.63) is 83.9 Å². The van der Waals surface area contributed by atoms with Crippen molar-refractivity contribution in [3.63, 3.8) is 0 Å². The van der Waals surface area contributed by atoms with Crippen LogP contribution in [0.3, 0.4) is 0 Å². The Kier molecular flexibility index (Phi) is 11.0. The maximum Gasteiger partial charge on any atom is 0.264 e. The fourth-order valence-corrected chi connectivity index (χ4v) is 5.98. The number of aryl methyl sites for hydroxylation is 1. The lowest BCUT2D eigenvalue weighted by molar-refractivity contribution is -0.139. The summed E-state index contributed by atoms with van der Waals surface area (Å²) >= 11 is 1.50. The summed E-state index contributed by atoms with van der Waals surface area (Å²) in [6.07, 6.45) is 1.91. The first-order valence-electron chi connectivity index (χ1n) is 13.1. The van der Waals surface area contributed by atoms with Crippen molar-refractivity contribution >= 4 is 39.3 Å². The van der Waals surface area contributed by atoms with E-state index in [2.05, 4.69) is 5.32 Å². The number of likely N-dealkylation sites (N-methyl/N-ethyl adjacent to an activating group) is 1. The molecule has 0 saturated heterocycles. The molecule has 8 nitrogen and oxygen atoms in total. The summed E-state index contributed by atoms with van der Waals surface area (Å²) in [6, 6.07) is 19.9. The molecule has 0 radical (unpaired) electrons. The number of benzene rings is 3. The van der Waals surface area contributed by atoms with Crippen molar-refractivity contribution in [1.82, 2.24) is 10.2 Å². The zero-order valence-corrected chi connectivity index (χ0v) is 25.2. The highest BCUT2D eigenvalue weighted by molar-refractivity contribution is 7.98. The Hall–Kier alpha value is -3.50. The van der Waals surface area contributed by atoms with E-state index in [0.717, 1.165) is 20.3 Å². The second-order valence-electron chi connectivity index (χ2n) is 9.13. The van der Waals surface area contributed by atoms with Crippen LogP contribution in [0.2, 0.25) is 0 Å². The Labute approximate surface area is 241 Å². The van der Waals surface area contributed by atoms with Gasteiger partial charge >= 0.3 is 0 Å². The monoisotopic (exact) mass is 583 g/mol. The van der Waals surface area contributed by atoms with Gasteiger partial charge in [-0.1, -0.05) is 24.3 Å². The molecule has 1 atom stereocenters. The maximum atomic E-state index is 14.0. The van der Waals surface area contributed by atoms with Crippen LogP contribution in [-0.4, -0.2) is 57.1 Å². The Balaban J connectivity index is 2.04. The van der Waals surface area contributed by atoms with E-state index in [1.54, 1.807) is 50.2 Å². The molecule has 0 saturated carbocycles. The van der Waals surface area contributed by atoms with E-state index in [9.17, 15) is 18.0 Å². The molecule has 0 spiro atoms. The topological polar surface area (TPSA) is 96.0 Å². The molecule has 1 N–H and O–H groups in total. The number of hydrogen-bond acceptors (Lipinski definition) is 6. The van der Waals surface area contributed by atoms with Gasteiger partial charge in [0.1, 0.15) is 18.3 Å². The molecule has 3 aromatic rings. The first-order chi connectivity index (χ1) is 19.1. The van der Waals surface area contributed by atoms with E-state index in [4.69, 9.17) is 4.74 Å². The Morgan fingerprint density at radius 1 is 0.975 bits per heavy atom. The molecule has 0 bridgehead atoms. The number of carbonyl (C=O) groups is 2. The summed E-state index contributed by atoms with van der Waals surface area (Å²) in [7, 11) is -4.13. The summed E-state index contributed by atoms with van der Waals surface area (Å²) in [4.78, 5) is 29.2. The fourth-order valence-electron chi connectivity index (χ4n) is 4.15. The fraction of sp³-hybridized carbons (Fsp3) is 0.333. The average molecular weight is 584 g/mol. The van der Waals surface area contributed by atoms with E-state index < -0.39 is 28.5 Å². The SMILES string of the molecule is CCNC(=O)[C@@H](C)N(Cc1ccccc1C)C(=O)CN(c1ccc(OCC)cc1)S(=O)(=O)c1ccc(SC)cc1. The minimum Gasteiger partial charge on any atom is -0.494 e. The molecular weight excluding hydrogens is 546 g/mol. The second kappa shape index (κ2) is 14.2. The zero-order valence-electron chi connectivity index (χ0n) is 23.6. The van der Waals surface area contributed by atoms with Crippen LogP contribution in [0.25, 0.3) is 0 Å². The third kappa shape index (κ3) is 7.57. The van der Waals surface area contributed by atoms with Crippen LogP contribution >= 0.6 is 11.8 Å². The summed E-state index contributed by atoms with van der Waals surface area (Å²) in [6.45, 7) is 7.80. The Bertz CT molecular complexity index is 1390. The van der Waals surface area contributed by atoms with E-state index in [1.165, 1.54) is 28.8 Å². The van der Waals surface area contributed by atoms with E-state index in [-0.39, 0.29) is 17.3 Å². The molecule has 0 aliphatic rings. The predicted molar refractivity (Wildman–Crippen MR) is 160 cm³/mol. The van der Waals surface area contributed by atoms with Crippen molar-refractivity contribution in [2.45, 2.75) is 50.1 Å². The summed E-state index contributed by atoms with van der Waals surface area (Å²) in [5.41, 5.74) is 2.15. The highest BCUT2D eigenvalue weighted by Crippen LogP contribution is 2.28. The van der Waals surface area contributed by atoms with Crippen LogP contribution in [0.1, 0.15) is 31.9 Å². The van der Waals surface area contributed by atoms with Gasteiger partial charge in [0, 0.05) is 18.0 Å². The number of hydrogen-bond donors (Lipinski definition) is 1. The van der Waals surface area contributed by atoms with Crippen molar-refractivity contribution in [3.8, 4) is 5.75 Å². The van der Waals surface area contributed by atoms with Gasteiger partial charge in [-0.05, 0) is 93.6 Å². The third-order valence-electron chi connectivity index (χ3n) is 6.48. The van der Waals surface area contributed by atoms with E-state index >= 15 is 0 Å². The first-order valence-corrected chi connectivity index (χ1v) is 15.8. The van der Waals surface area contributed by atoms with Crippen LogP contribution in [0, 0.1) is 6.92 Å². The zero-order chi connectivity index (χ0) is 29.3. The lowest BCUT2D eigenvalue weighted by Crippen LogP contribution is -2.51. The minimum atomic E-state index is -4.13. The lowest BCUT2D eigenvalue weighted by atomic mass is 10.1. The molecule has 2 amide bonds. The maximum absolute atomic E-state index is 14.0. The number of nitrogens with zero attached hydrogens (tertiary/aromatic N) is 2. The summed E-state index contributed by atoms with van der Waals surface area (Å²) in [5.74, 6) is -0.224. The summed E-state index contributed by atoms with van der Waals surface area (Å²) in [5, 5.41) is 2.77. The average Bonchev–Trinajstić information content (AvgIpc) is 2.95. The van der Waals surface area contributed by atoms with Gasteiger partial charge in [-0.2, -0.15) is 0 Å². The number of anilines is 1. The number of nitrogens with one attached hydrogen (secondary N) is 1. The molecule has 3 rings (SSSR count). The van der Waals surface area contributed by atoms with E-state index in [1.807, 2.05) is 44.4 Å². The number of sulfonamides is 1. The van der Waals surface area contributed by atoms with Gasteiger partial charge in [0.2, 0.25) is 11.8 Å². The smallest absolute Gasteiger partial charge is 0.264 e. The highest BCUT2D eigenvalue weighted by atomic mass is 32.2. The number of ether oxygens (including phenoxy) is 1. The molecule has 10 heteroatoms. The molecule has 40 heavy (non-hydrogen) atoms. The molecule has 0 aliphatic carbocycles. The number of rotatable bonds is 13. The van der Waals surface area contributed by atoms with Gasteiger partial charge < -0.3 is 15.0 Å². The lowest BCUT2D eigenvalue weighted by Gasteiger charge is -2.32. The minimum absolute atomic E-state index is 0.0641. The number of amides is 2. The van der Waals surface area contributed by atoms with Crippen LogP contribution in [0.15, 0.2) is 82.6 Å². The molecule has 0 unspecified atom stereocenters. The van der Waals surface area contributed by atoms with Gasteiger partial charge in [0.05, 0.1) is 17.2 Å². The first kappa shape index (κ1) is 31.0. The van der Waals surface area contributed by atoms with Crippen molar-refractivity contribution in [1.29, 1.82) is 0 Å². The Morgan fingerprint density at radius 2 is 1.62 bits per heavy atom. The van der Waals surface area contributed by atoms with Crippen molar-refractivity contribution < 1.29 is 22.7 Å². The van der Waals surface area contributed by atoms with Crippen LogP contribution in [-0.2, 0) is 26.2 Å². The number of thioether (sulfide) groups is 1. The standard InChI is InChI=1S/C30H37N3O5S2/c1-6-31-30(35)23(4)32(20-24-11-9-8-10-22(24)3)29(34)21-33(25-12-14-26(15-13-25)38-7-2)40(36,37)28-18-16-27(39-5)17-19-28/h8-19,23H,6-7,20-21H2,1-5H3,(H,31,35)/t23-/m1/s1. The summed E-state index contributed by atoms with van der Waals surface area (Å²) < 4.78 is 34.5. The highest BCUT2D eigenvalue weighted by Gasteiger charge is 2.32. The van der Waals surface area contributed by atoms with Crippen molar-refractivity contribution in [2.75, 3.05) is 30.3 Å². The molecule has 0 heterocycles. The normalized spacial score (nSPS) is 11.9. The van der Waals surface area contributed by atoms with Gasteiger partial charge in [-0.15, -0.1) is 11.8 Å². The largest absolute Gasteiger partial charge is 0.494 e. The molecule has 214 valence electrons. The third-order valence-corrected chi connectivity index (χ3v) is 9.01. The van der Waals surface area contributed by atoms with E-state index in [0.29, 0.717) is 24.6 Å². The van der Waals surface area contributed by atoms with Gasteiger partial charge in [0.25, 0.3) is 10.0 Å². The van der Waals surface area contributed by atoms with Gasteiger partial charge in [-0.3, -0.25) is 13.9 Å². The van der Waals surface area contributed by atoms with Crippen LogP contribution < -0.4 is 14.4 Å². The van der Waals surface area contributed by atoms with Crippen LogP contribution in [0.4, 0.5) is 5.69 Å². The Morgan fingerprint density at radius 3 is 2.20 bits per heavy atom. The van der Waals surface area contributed by atoms with Crippen LogP contribution in [0.5, 0.6) is 5.75 Å². The molecule has 0 aliphatic heterocycles. The van der Waals surface area contributed by atoms with Crippen molar-refractivity contribution in [2.24, 2.45) is 0 Å². The quantitative estimate of drug-likeness (QED) is 0.289.